The van der Waals surface area contributed by atoms with Crippen molar-refractivity contribution in [2.75, 3.05) is 0 Å². The average Bonchev–Trinajstić information content (AvgIpc) is 3.13. The molecular weight excluding hydrogens is 375 g/mol. The average molecular weight is 389 g/mol. The zero-order valence-corrected chi connectivity index (χ0v) is 15.3. The van der Waals surface area contributed by atoms with Gasteiger partial charge < -0.3 is 0 Å². The molecule has 2 radical (unpaired) electrons. The van der Waals surface area contributed by atoms with Gasteiger partial charge in [-0.1, -0.05) is 18.2 Å². The van der Waals surface area contributed by atoms with Crippen LogP contribution in [0.2, 0.25) is 0 Å². The highest BCUT2D eigenvalue weighted by molar-refractivity contribution is 6.31. The Labute approximate surface area is 165 Å². The number of rotatable bonds is 3. The molecule has 2 N–H and O–H groups in total. The van der Waals surface area contributed by atoms with Crippen LogP contribution in [0.15, 0.2) is 54.9 Å². The van der Waals surface area contributed by atoms with Crippen LogP contribution in [0.25, 0.3) is 22.2 Å². The molecular formula is C19H14BF2N7. The van der Waals surface area contributed by atoms with E-state index in [9.17, 15) is 0 Å². The van der Waals surface area contributed by atoms with Gasteiger partial charge in [0.15, 0.2) is 5.84 Å². The van der Waals surface area contributed by atoms with Crippen molar-refractivity contribution in [2.45, 2.75) is 5.92 Å². The van der Waals surface area contributed by atoms with E-state index in [1.54, 1.807) is 24.0 Å². The first kappa shape index (κ1) is 18.7. The van der Waals surface area contributed by atoms with Crippen molar-refractivity contribution in [3.8, 4) is 11.3 Å². The minimum absolute atomic E-state index is 0.288. The summed E-state index contributed by atoms with van der Waals surface area (Å²) in [5, 5.41) is 24.6. The molecule has 0 saturated heterocycles. The van der Waals surface area contributed by atoms with Crippen LogP contribution in [0.1, 0.15) is 5.56 Å². The molecule has 0 saturated carbocycles. The number of nitrogens with zero attached hydrogens (tertiary/aromatic N) is 5. The second-order valence-corrected chi connectivity index (χ2v) is 6.48. The molecule has 0 atom stereocenters. The van der Waals surface area contributed by atoms with Gasteiger partial charge in [-0.2, -0.15) is 23.7 Å². The van der Waals surface area contributed by atoms with Crippen molar-refractivity contribution < 1.29 is 8.78 Å². The molecule has 4 rings (SSSR count). The third-order valence-electron chi connectivity index (χ3n) is 4.42. The molecule has 7 nitrogen and oxygen atoms in total. The van der Waals surface area contributed by atoms with E-state index in [4.69, 9.17) is 18.7 Å². The van der Waals surface area contributed by atoms with Crippen molar-refractivity contribution in [1.29, 1.82) is 10.8 Å². The van der Waals surface area contributed by atoms with Gasteiger partial charge in [0.1, 0.15) is 13.3 Å². The maximum atomic E-state index is 15.1. The molecule has 0 amide bonds. The zero-order chi connectivity index (χ0) is 20.8. The maximum Gasteiger partial charge on any atom is 0.331 e. The maximum absolute atomic E-state index is 15.1. The SMILES string of the molecule is [B]c1ccc2cc(C(F)(F)C(=N)n3nc(-c4cnn(C)c4)ccc3=N)ccc2n1. The van der Waals surface area contributed by atoms with E-state index < -0.39 is 17.3 Å². The van der Waals surface area contributed by atoms with Crippen LogP contribution in [0.3, 0.4) is 0 Å². The highest BCUT2D eigenvalue weighted by atomic mass is 19.3. The standard InChI is InChI=1S/C19H14BF2N7/c1-28-10-12(9-25-28)15-5-7-17(23)29(27-15)18(24)19(21,22)13-3-4-14-11(8-13)2-6-16(20)26-14/h2-10,23-24H,1H3. The molecule has 142 valence electrons. The highest BCUT2D eigenvalue weighted by Crippen LogP contribution is 2.31. The number of pyridine rings is 1. The van der Waals surface area contributed by atoms with E-state index >= 15 is 8.78 Å². The molecule has 1 aromatic carbocycles. The number of hydrogen-bond acceptors (Lipinski definition) is 5. The van der Waals surface area contributed by atoms with Crippen LogP contribution in [-0.2, 0) is 13.0 Å². The lowest BCUT2D eigenvalue weighted by Crippen LogP contribution is -2.39. The Morgan fingerprint density at radius 3 is 2.66 bits per heavy atom. The van der Waals surface area contributed by atoms with Gasteiger partial charge in [0.05, 0.1) is 17.4 Å². The third kappa shape index (κ3) is 3.33. The fourth-order valence-electron chi connectivity index (χ4n) is 2.91. The van der Waals surface area contributed by atoms with E-state index in [2.05, 4.69) is 15.2 Å². The molecule has 3 aromatic heterocycles. The topological polar surface area (TPSA) is 96.2 Å². The molecule has 0 unspecified atom stereocenters. The van der Waals surface area contributed by atoms with Crippen LogP contribution < -0.4 is 11.1 Å². The number of nitrogens with one attached hydrogen (secondary N) is 2. The van der Waals surface area contributed by atoms with Gasteiger partial charge >= 0.3 is 5.92 Å². The molecule has 4 aromatic rings. The Bertz CT molecular complexity index is 1310. The highest BCUT2D eigenvalue weighted by Gasteiger charge is 2.39. The van der Waals surface area contributed by atoms with Crippen LogP contribution in [0, 0.1) is 10.8 Å². The first-order chi connectivity index (χ1) is 13.8. The van der Waals surface area contributed by atoms with Crippen LogP contribution in [0.4, 0.5) is 8.78 Å². The minimum atomic E-state index is -3.68. The first-order valence-electron chi connectivity index (χ1n) is 8.54. The van der Waals surface area contributed by atoms with Crippen molar-refractivity contribution in [3.05, 3.63) is 65.9 Å². The van der Waals surface area contributed by atoms with E-state index in [0.29, 0.717) is 26.8 Å². The molecule has 0 fully saturated rings. The summed E-state index contributed by atoms with van der Waals surface area (Å²) in [6, 6.07) is 9.81. The third-order valence-corrected chi connectivity index (χ3v) is 4.42. The molecule has 0 aliphatic rings. The van der Waals surface area contributed by atoms with Gasteiger partial charge in [-0.3, -0.25) is 20.5 Å². The Morgan fingerprint density at radius 1 is 1.14 bits per heavy atom. The number of aromatic nitrogens is 5. The lowest BCUT2D eigenvalue weighted by atomic mass is 10.0. The summed E-state index contributed by atoms with van der Waals surface area (Å²) in [5.41, 5.74) is 0.941. The quantitative estimate of drug-likeness (QED) is 0.317. The summed E-state index contributed by atoms with van der Waals surface area (Å²) in [7, 11) is 7.34. The lowest BCUT2D eigenvalue weighted by molar-refractivity contribution is 0.0697. The molecule has 29 heavy (non-hydrogen) atoms. The lowest BCUT2D eigenvalue weighted by Gasteiger charge is -2.19. The molecule has 0 aliphatic carbocycles. The Balaban J connectivity index is 1.77. The molecule has 3 heterocycles. The molecule has 0 spiro atoms. The predicted octanol–water partition coefficient (Wildman–Crippen LogP) is 1.72. The summed E-state index contributed by atoms with van der Waals surface area (Å²) in [6.45, 7) is 0. The largest absolute Gasteiger partial charge is 0.331 e. The minimum Gasteiger partial charge on any atom is -0.283 e. The van der Waals surface area contributed by atoms with Crippen molar-refractivity contribution >= 4 is 30.2 Å². The summed E-state index contributed by atoms with van der Waals surface area (Å²) in [6.07, 6.45) is 3.19. The smallest absolute Gasteiger partial charge is 0.283 e. The predicted molar refractivity (Wildman–Crippen MR) is 104 cm³/mol. The van der Waals surface area contributed by atoms with E-state index in [0.717, 1.165) is 0 Å². The van der Waals surface area contributed by atoms with Gasteiger partial charge in [-0.15, -0.1) is 0 Å². The second-order valence-electron chi connectivity index (χ2n) is 6.48. The monoisotopic (exact) mass is 389 g/mol. The van der Waals surface area contributed by atoms with Gasteiger partial charge in [0.2, 0.25) is 0 Å². The van der Waals surface area contributed by atoms with Crippen molar-refractivity contribution in [1.82, 2.24) is 24.5 Å². The normalized spacial score (nSPS) is 11.7. The number of hydrogen-bond donors (Lipinski definition) is 2. The summed E-state index contributed by atoms with van der Waals surface area (Å²) >= 11 is 0. The number of fused-ring (bicyclic) bond motifs is 1. The Kier molecular flexibility index (Phi) is 4.33. The van der Waals surface area contributed by atoms with E-state index in [1.165, 1.54) is 42.6 Å². The van der Waals surface area contributed by atoms with Crippen LogP contribution >= 0.6 is 0 Å². The number of benzene rings is 1. The summed E-state index contributed by atoms with van der Waals surface area (Å²) < 4.78 is 32.4. The second kappa shape index (κ2) is 6.73. The molecule has 0 aliphatic heterocycles. The Hall–Kier alpha value is -3.69. The number of alkyl halides is 2. The van der Waals surface area contributed by atoms with Crippen molar-refractivity contribution in [2.24, 2.45) is 7.05 Å². The van der Waals surface area contributed by atoms with Crippen LogP contribution in [-0.4, -0.2) is 38.2 Å². The van der Waals surface area contributed by atoms with Gasteiger partial charge in [-0.25, -0.2) is 0 Å². The fraction of sp³-hybridized carbons (Fsp3) is 0.105. The Morgan fingerprint density at radius 2 is 1.93 bits per heavy atom. The molecule has 10 heteroatoms. The molecule has 0 bridgehead atoms. The first-order valence-corrected chi connectivity index (χ1v) is 8.54. The summed E-state index contributed by atoms with van der Waals surface area (Å²) in [5.74, 6) is -4.81. The summed E-state index contributed by atoms with van der Waals surface area (Å²) in [4.78, 5) is 4.09. The van der Waals surface area contributed by atoms with Gasteiger partial charge in [0.25, 0.3) is 0 Å². The van der Waals surface area contributed by atoms with Gasteiger partial charge in [0, 0.05) is 29.8 Å². The number of halogens is 2. The van der Waals surface area contributed by atoms with Crippen LogP contribution in [0.5, 0.6) is 0 Å². The fourth-order valence-corrected chi connectivity index (χ4v) is 2.91. The van der Waals surface area contributed by atoms with Crippen molar-refractivity contribution in [3.63, 3.8) is 0 Å². The van der Waals surface area contributed by atoms with E-state index in [1.807, 2.05) is 0 Å². The number of aryl methyl sites for hydroxylation is 1. The zero-order valence-electron chi connectivity index (χ0n) is 15.3. The van der Waals surface area contributed by atoms with E-state index in [-0.39, 0.29) is 11.1 Å². The van der Waals surface area contributed by atoms with Gasteiger partial charge in [-0.05, 0) is 29.9 Å².